The fourth-order valence-electron chi connectivity index (χ4n) is 0.646. The Kier molecular flexibility index (Phi) is 3.35. The molecule has 1 nitrogen and oxygen atoms in total. The van der Waals surface area contributed by atoms with Crippen molar-refractivity contribution >= 4 is 23.7 Å². The third-order valence-electron chi connectivity index (χ3n) is 1.10. The average molecular weight is 164 g/mol. The van der Waals surface area contributed by atoms with Crippen molar-refractivity contribution < 1.29 is 4.79 Å². The predicted molar refractivity (Wildman–Crippen MR) is 48.6 cm³/mol. The summed E-state index contributed by atoms with van der Waals surface area (Å²) in [5.41, 5.74) is 0. The van der Waals surface area contributed by atoms with Crippen LogP contribution in [-0.4, -0.2) is 6.29 Å². The molecule has 0 saturated heterocycles. The van der Waals surface area contributed by atoms with Crippen LogP contribution in [0.3, 0.4) is 0 Å². The number of thiophene rings is 1. The number of rotatable bonds is 3. The molecule has 0 aliphatic carbocycles. The number of allylic oxidation sites excluding steroid dienone is 3. The summed E-state index contributed by atoms with van der Waals surface area (Å²) in [5, 5.41) is 2.02. The van der Waals surface area contributed by atoms with Gasteiger partial charge in [-0.1, -0.05) is 18.2 Å². The molecule has 0 atom stereocenters. The lowest BCUT2D eigenvalue weighted by atomic mass is 10.4. The van der Waals surface area contributed by atoms with Crippen LogP contribution >= 0.6 is 11.3 Å². The standard InChI is InChI=1S/C9H8OS/c10-7-3-1-2-5-9-6-4-8-11-9/h1-8H. The maximum atomic E-state index is 9.85. The van der Waals surface area contributed by atoms with Crippen LogP contribution in [0.5, 0.6) is 0 Å². The number of carbonyl (C=O) groups is 1. The molecular formula is C9H8OS. The maximum Gasteiger partial charge on any atom is 0.142 e. The van der Waals surface area contributed by atoms with E-state index >= 15 is 0 Å². The van der Waals surface area contributed by atoms with E-state index in [0.29, 0.717) is 0 Å². The average Bonchev–Trinajstić information content (AvgIpc) is 2.50. The quantitative estimate of drug-likeness (QED) is 0.381. The minimum atomic E-state index is 0.763. The summed E-state index contributed by atoms with van der Waals surface area (Å²) in [6.07, 6.45) is 7.75. The first kappa shape index (κ1) is 7.95. The number of hydrogen-bond acceptors (Lipinski definition) is 2. The number of hydrogen-bond donors (Lipinski definition) is 0. The Bertz CT molecular complexity index is 257. The number of aldehydes is 1. The third kappa shape index (κ3) is 2.96. The molecule has 1 rings (SSSR count). The molecule has 1 aromatic rings. The Morgan fingerprint density at radius 3 is 2.82 bits per heavy atom. The molecule has 0 fully saturated rings. The Morgan fingerprint density at radius 1 is 1.27 bits per heavy atom. The van der Waals surface area contributed by atoms with E-state index in [2.05, 4.69) is 0 Å². The largest absolute Gasteiger partial charge is 0.299 e. The van der Waals surface area contributed by atoms with Gasteiger partial charge in [0, 0.05) is 4.88 Å². The molecule has 0 aromatic carbocycles. The third-order valence-corrected chi connectivity index (χ3v) is 1.94. The minimum absolute atomic E-state index is 0.763. The normalized spacial score (nSPS) is 11.3. The zero-order chi connectivity index (χ0) is 7.94. The van der Waals surface area contributed by atoms with Gasteiger partial charge in [-0.05, 0) is 23.6 Å². The highest BCUT2D eigenvalue weighted by atomic mass is 32.1. The predicted octanol–water partition coefficient (Wildman–Crippen LogP) is 2.52. The van der Waals surface area contributed by atoms with Gasteiger partial charge in [0.2, 0.25) is 0 Å². The lowest BCUT2D eigenvalue weighted by Crippen LogP contribution is -1.57. The van der Waals surface area contributed by atoms with Crippen LogP contribution in [0.2, 0.25) is 0 Å². The molecule has 0 saturated carbocycles. The Hall–Kier alpha value is -1.15. The first-order valence-electron chi connectivity index (χ1n) is 3.25. The van der Waals surface area contributed by atoms with Gasteiger partial charge in [0.05, 0.1) is 0 Å². The van der Waals surface area contributed by atoms with Gasteiger partial charge in [0.25, 0.3) is 0 Å². The van der Waals surface area contributed by atoms with Gasteiger partial charge in [-0.25, -0.2) is 0 Å². The van der Waals surface area contributed by atoms with Gasteiger partial charge in [-0.3, -0.25) is 4.79 Å². The summed E-state index contributed by atoms with van der Waals surface area (Å²) >= 11 is 1.67. The molecule has 1 aromatic heterocycles. The van der Waals surface area contributed by atoms with Crippen molar-refractivity contribution in [2.24, 2.45) is 0 Å². The van der Waals surface area contributed by atoms with Crippen LogP contribution in [0.15, 0.2) is 35.7 Å². The van der Waals surface area contributed by atoms with E-state index in [4.69, 9.17) is 0 Å². The fraction of sp³-hybridized carbons (Fsp3) is 0. The molecule has 0 aliphatic rings. The molecule has 0 amide bonds. The van der Waals surface area contributed by atoms with Crippen LogP contribution in [0.25, 0.3) is 6.08 Å². The molecule has 0 unspecified atom stereocenters. The maximum absolute atomic E-state index is 9.85. The molecule has 11 heavy (non-hydrogen) atoms. The molecule has 0 bridgehead atoms. The van der Waals surface area contributed by atoms with E-state index in [1.165, 1.54) is 11.0 Å². The van der Waals surface area contributed by atoms with Crippen molar-refractivity contribution in [3.63, 3.8) is 0 Å². The first-order valence-corrected chi connectivity index (χ1v) is 4.13. The fourth-order valence-corrected chi connectivity index (χ4v) is 1.27. The molecule has 56 valence electrons. The second-order valence-electron chi connectivity index (χ2n) is 1.90. The summed E-state index contributed by atoms with van der Waals surface area (Å²) < 4.78 is 0. The Labute approximate surface area is 69.7 Å². The van der Waals surface area contributed by atoms with Gasteiger partial charge >= 0.3 is 0 Å². The van der Waals surface area contributed by atoms with Crippen molar-refractivity contribution in [1.29, 1.82) is 0 Å². The van der Waals surface area contributed by atoms with E-state index in [1.54, 1.807) is 17.4 Å². The monoisotopic (exact) mass is 164 g/mol. The Morgan fingerprint density at radius 2 is 2.18 bits per heavy atom. The highest BCUT2D eigenvalue weighted by Crippen LogP contribution is 2.09. The van der Waals surface area contributed by atoms with Crippen molar-refractivity contribution in [2.45, 2.75) is 0 Å². The first-order chi connectivity index (χ1) is 5.43. The molecule has 0 aliphatic heterocycles. The minimum Gasteiger partial charge on any atom is -0.299 e. The molecule has 0 radical (unpaired) electrons. The summed E-state index contributed by atoms with van der Waals surface area (Å²) in [7, 11) is 0. The van der Waals surface area contributed by atoms with Crippen LogP contribution in [0.4, 0.5) is 0 Å². The van der Waals surface area contributed by atoms with Crippen LogP contribution in [-0.2, 0) is 4.79 Å². The zero-order valence-corrected chi connectivity index (χ0v) is 6.75. The molecular weight excluding hydrogens is 156 g/mol. The summed E-state index contributed by atoms with van der Waals surface area (Å²) in [4.78, 5) is 11.0. The van der Waals surface area contributed by atoms with Gasteiger partial charge in [-0.2, -0.15) is 0 Å². The van der Waals surface area contributed by atoms with E-state index in [9.17, 15) is 4.79 Å². The molecule has 1 heterocycles. The van der Waals surface area contributed by atoms with E-state index in [1.807, 2.05) is 29.7 Å². The molecule has 0 spiro atoms. The topological polar surface area (TPSA) is 17.1 Å². The van der Waals surface area contributed by atoms with Crippen molar-refractivity contribution in [1.82, 2.24) is 0 Å². The lowest BCUT2D eigenvalue weighted by molar-refractivity contribution is -0.104. The summed E-state index contributed by atoms with van der Waals surface area (Å²) in [6, 6.07) is 4.02. The molecule has 0 N–H and O–H groups in total. The summed E-state index contributed by atoms with van der Waals surface area (Å²) in [5.74, 6) is 0. The summed E-state index contributed by atoms with van der Waals surface area (Å²) in [6.45, 7) is 0. The van der Waals surface area contributed by atoms with Crippen LogP contribution < -0.4 is 0 Å². The van der Waals surface area contributed by atoms with Gasteiger partial charge < -0.3 is 0 Å². The highest BCUT2D eigenvalue weighted by Gasteiger charge is 1.81. The van der Waals surface area contributed by atoms with E-state index in [-0.39, 0.29) is 0 Å². The van der Waals surface area contributed by atoms with Crippen molar-refractivity contribution in [2.75, 3.05) is 0 Å². The van der Waals surface area contributed by atoms with Crippen molar-refractivity contribution in [3.05, 3.63) is 40.6 Å². The van der Waals surface area contributed by atoms with E-state index < -0.39 is 0 Å². The van der Waals surface area contributed by atoms with Gasteiger partial charge in [0.1, 0.15) is 6.29 Å². The smallest absolute Gasteiger partial charge is 0.142 e. The van der Waals surface area contributed by atoms with Gasteiger partial charge in [0.15, 0.2) is 0 Å². The van der Waals surface area contributed by atoms with Crippen LogP contribution in [0.1, 0.15) is 4.88 Å². The number of carbonyl (C=O) groups excluding carboxylic acids is 1. The van der Waals surface area contributed by atoms with Crippen molar-refractivity contribution in [3.8, 4) is 0 Å². The van der Waals surface area contributed by atoms with Gasteiger partial charge in [-0.15, -0.1) is 11.3 Å². The molecule has 2 heteroatoms. The highest BCUT2D eigenvalue weighted by molar-refractivity contribution is 7.10. The van der Waals surface area contributed by atoms with Crippen LogP contribution in [0, 0.1) is 0 Å². The SMILES string of the molecule is O=CC=CC=Cc1cccs1. The lowest BCUT2D eigenvalue weighted by Gasteiger charge is -1.77. The zero-order valence-electron chi connectivity index (χ0n) is 5.94. The second kappa shape index (κ2) is 4.63. The Balaban J connectivity index is 2.49. The second-order valence-corrected chi connectivity index (χ2v) is 2.87. The van der Waals surface area contributed by atoms with E-state index in [0.717, 1.165) is 6.29 Å².